The zero-order valence-corrected chi connectivity index (χ0v) is 12.7. The predicted octanol–water partition coefficient (Wildman–Crippen LogP) is 3.91. The Morgan fingerprint density at radius 2 is 1.95 bits per heavy atom. The standard InChI is InChI=1S/C14H11BrFN3S/c15-11-3-1-2-10(8-11)9-17-19-14(20)18-13-6-4-12(16)5-7-13/h1-9H,(H2,18,19,20)/b17-9-. The summed E-state index contributed by atoms with van der Waals surface area (Å²) in [5.41, 5.74) is 4.33. The Morgan fingerprint density at radius 1 is 1.20 bits per heavy atom. The Morgan fingerprint density at radius 3 is 2.65 bits per heavy atom. The Labute approximate surface area is 130 Å². The molecule has 0 saturated carbocycles. The average Bonchev–Trinajstić information content (AvgIpc) is 2.41. The van der Waals surface area contributed by atoms with Gasteiger partial charge in [0.05, 0.1) is 6.21 Å². The van der Waals surface area contributed by atoms with E-state index >= 15 is 0 Å². The molecule has 2 N–H and O–H groups in total. The number of hydrogen-bond acceptors (Lipinski definition) is 2. The van der Waals surface area contributed by atoms with Gasteiger partial charge >= 0.3 is 0 Å². The third-order valence-electron chi connectivity index (χ3n) is 2.33. The number of thiocarbonyl (C=S) groups is 1. The third-order valence-corrected chi connectivity index (χ3v) is 3.02. The summed E-state index contributed by atoms with van der Waals surface area (Å²) in [6.07, 6.45) is 1.66. The van der Waals surface area contributed by atoms with E-state index in [9.17, 15) is 4.39 Å². The predicted molar refractivity (Wildman–Crippen MR) is 87.5 cm³/mol. The SMILES string of the molecule is Fc1ccc(NC(=S)N/N=C\c2cccc(Br)c2)cc1. The Balaban J connectivity index is 1.87. The molecule has 0 bridgehead atoms. The van der Waals surface area contributed by atoms with Crippen LogP contribution in [0.3, 0.4) is 0 Å². The van der Waals surface area contributed by atoms with Crippen LogP contribution >= 0.6 is 28.1 Å². The van der Waals surface area contributed by atoms with E-state index in [1.165, 1.54) is 12.1 Å². The molecule has 0 radical (unpaired) electrons. The van der Waals surface area contributed by atoms with E-state index in [0.717, 1.165) is 10.0 Å². The number of hydrogen-bond donors (Lipinski definition) is 2. The number of halogens is 2. The Bertz CT molecular complexity index is 629. The van der Waals surface area contributed by atoms with Gasteiger partial charge in [0.25, 0.3) is 0 Å². The molecule has 2 aromatic carbocycles. The molecule has 0 aliphatic rings. The summed E-state index contributed by atoms with van der Waals surface area (Å²) in [5.74, 6) is -0.290. The van der Waals surface area contributed by atoms with Crippen molar-refractivity contribution in [1.29, 1.82) is 0 Å². The minimum absolute atomic E-state index is 0.290. The van der Waals surface area contributed by atoms with E-state index < -0.39 is 0 Å². The molecule has 0 unspecified atom stereocenters. The molecular formula is C14H11BrFN3S. The first-order valence-corrected chi connectivity index (χ1v) is 6.95. The summed E-state index contributed by atoms with van der Waals surface area (Å²) >= 11 is 8.45. The molecule has 0 atom stereocenters. The second-order valence-corrected chi connectivity index (χ2v) is 5.21. The number of nitrogens with one attached hydrogen (secondary N) is 2. The van der Waals surface area contributed by atoms with Gasteiger partial charge in [-0.2, -0.15) is 5.10 Å². The summed E-state index contributed by atoms with van der Waals surface area (Å²) < 4.78 is 13.7. The molecule has 0 amide bonds. The minimum Gasteiger partial charge on any atom is -0.331 e. The molecule has 2 aromatic rings. The third kappa shape index (κ3) is 4.71. The van der Waals surface area contributed by atoms with Crippen LogP contribution in [0.1, 0.15) is 5.56 Å². The van der Waals surface area contributed by atoms with Crippen LogP contribution < -0.4 is 10.7 Å². The smallest absolute Gasteiger partial charge is 0.191 e. The summed E-state index contributed by atoms with van der Waals surface area (Å²) in [7, 11) is 0. The molecule has 0 heterocycles. The first-order valence-electron chi connectivity index (χ1n) is 5.75. The van der Waals surface area contributed by atoms with Crippen LogP contribution in [0.2, 0.25) is 0 Å². The fourth-order valence-corrected chi connectivity index (χ4v) is 2.03. The molecule has 3 nitrogen and oxygen atoms in total. The molecule has 0 saturated heterocycles. The lowest BCUT2D eigenvalue weighted by atomic mass is 10.2. The van der Waals surface area contributed by atoms with Crippen molar-refractivity contribution >= 4 is 45.2 Å². The molecule has 0 aliphatic heterocycles. The van der Waals surface area contributed by atoms with Gasteiger partial charge in [0.1, 0.15) is 5.82 Å². The molecule has 20 heavy (non-hydrogen) atoms. The van der Waals surface area contributed by atoms with Crippen LogP contribution in [0.5, 0.6) is 0 Å². The minimum atomic E-state index is -0.290. The number of benzene rings is 2. The van der Waals surface area contributed by atoms with Crippen molar-refractivity contribution in [3.05, 3.63) is 64.4 Å². The highest BCUT2D eigenvalue weighted by molar-refractivity contribution is 9.10. The van der Waals surface area contributed by atoms with Crippen molar-refractivity contribution in [2.75, 3.05) is 5.32 Å². The maximum absolute atomic E-state index is 12.7. The van der Waals surface area contributed by atoms with Crippen LogP contribution in [0.15, 0.2) is 58.1 Å². The van der Waals surface area contributed by atoms with E-state index in [1.54, 1.807) is 18.3 Å². The maximum atomic E-state index is 12.7. The van der Waals surface area contributed by atoms with Crippen molar-refractivity contribution in [3.8, 4) is 0 Å². The Kier molecular flexibility index (Phi) is 5.20. The topological polar surface area (TPSA) is 36.4 Å². The second kappa shape index (κ2) is 7.12. The van der Waals surface area contributed by atoms with Gasteiger partial charge in [-0.25, -0.2) is 4.39 Å². The van der Waals surface area contributed by atoms with Crippen LogP contribution in [0.4, 0.5) is 10.1 Å². The lowest BCUT2D eigenvalue weighted by Crippen LogP contribution is -2.23. The van der Waals surface area contributed by atoms with Crippen molar-refractivity contribution < 1.29 is 4.39 Å². The highest BCUT2D eigenvalue weighted by atomic mass is 79.9. The lowest BCUT2D eigenvalue weighted by Gasteiger charge is -2.06. The molecule has 2 rings (SSSR count). The van der Waals surface area contributed by atoms with Gasteiger partial charge in [-0.1, -0.05) is 28.1 Å². The fraction of sp³-hybridized carbons (Fsp3) is 0. The van der Waals surface area contributed by atoms with Crippen LogP contribution in [-0.4, -0.2) is 11.3 Å². The highest BCUT2D eigenvalue weighted by Gasteiger charge is 1.96. The molecule has 6 heteroatoms. The normalized spacial score (nSPS) is 10.5. The summed E-state index contributed by atoms with van der Waals surface area (Å²) in [5, 5.41) is 7.26. The number of nitrogens with zero attached hydrogens (tertiary/aromatic N) is 1. The monoisotopic (exact) mass is 351 g/mol. The quantitative estimate of drug-likeness (QED) is 0.500. The lowest BCUT2D eigenvalue weighted by molar-refractivity contribution is 0.628. The fourth-order valence-electron chi connectivity index (χ4n) is 1.44. The van der Waals surface area contributed by atoms with Gasteiger partial charge in [-0.15, -0.1) is 0 Å². The van der Waals surface area contributed by atoms with Gasteiger partial charge in [0.15, 0.2) is 5.11 Å². The van der Waals surface area contributed by atoms with Gasteiger partial charge in [0.2, 0.25) is 0 Å². The first kappa shape index (κ1) is 14.6. The largest absolute Gasteiger partial charge is 0.331 e. The van der Waals surface area contributed by atoms with Crippen molar-refractivity contribution in [2.24, 2.45) is 5.10 Å². The van der Waals surface area contributed by atoms with E-state index in [2.05, 4.69) is 31.8 Å². The summed E-state index contributed by atoms with van der Waals surface area (Å²) in [6, 6.07) is 13.6. The molecule has 102 valence electrons. The van der Waals surface area contributed by atoms with Crippen LogP contribution in [0.25, 0.3) is 0 Å². The number of rotatable bonds is 3. The first-order chi connectivity index (χ1) is 9.63. The average molecular weight is 352 g/mol. The van der Waals surface area contributed by atoms with Crippen LogP contribution in [-0.2, 0) is 0 Å². The van der Waals surface area contributed by atoms with E-state index in [4.69, 9.17) is 12.2 Å². The van der Waals surface area contributed by atoms with Crippen molar-refractivity contribution in [3.63, 3.8) is 0 Å². The van der Waals surface area contributed by atoms with Crippen molar-refractivity contribution in [1.82, 2.24) is 5.43 Å². The molecule has 0 aromatic heterocycles. The zero-order chi connectivity index (χ0) is 14.4. The van der Waals surface area contributed by atoms with Gasteiger partial charge in [0, 0.05) is 10.2 Å². The highest BCUT2D eigenvalue weighted by Crippen LogP contribution is 2.10. The van der Waals surface area contributed by atoms with E-state index in [-0.39, 0.29) is 5.82 Å². The summed E-state index contributed by atoms with van der Waals surface area (Å²) in [4.78, 5) is 0. The second-order valence-electron chi connectivity index (χ2n) is 3.89. The summed E-state index contributed by atoms with van der Waals surface area (Å²) in [6.45, 7) is 0. The zero-order valence-electron chi connectivity index (χ0n) is 10.3. The molecule has 0 spiro atoms. The van der Waals surface area contributed by atoms with Crippen molar-refractivity contribution in [2.45, 2.75) is 0 Å². The number of anilines is 1. The van der Waals surface area contributed by atoms with Gasteiger partial charge in [-0.05, 0) is 54.2 Å². The Hall–Kier alpha value is -1.79. The van der Waals surface area contributed by atoms with Gasteiger partial charge < -0.3 is 5.32 Å². The van der Waals surface area contributed by atoms with Crippen LogP contribution in [0, 0.1) is 5.82 Å². The van der Waals surface area contributed by atoms with E-state index in [0.29, 0.717) is 10.8 Å². The molecule has 0 aliphatic carbocycles. The molecule has 0 fully saturated rings. The van der Waals surface area contributed by atoms with E-state index in [1.807, 2.05) is 24.3 Å². The maximum Gasteiger partial charge on any atom is 0.191 e. The van der Waals surface area contributed by atoms with Gasteiger partial charge in [-0.3, -0.25) is 5.43 Å². The molecular weight excluding hydrogens is 341 g/mol. The number of hydrazone groups is 1.